The minimum atomic E-state index is -0.692. The second-order valence-corrected chi connectivity index (χ2v) is 7.22. The van der Waals surface area contributed by atoms with Crippen LogP contribution in [0.15, 0.2) is 24.3 Å². The Hall–Kier alpha value is -3.62. The van der Waals surface area contributed by atoms with Gasteiger partial charge >= 0.3 is 11.9 Å². The number of nitrogens with zero attached hydrogens (tertiary/aromatic N) is 1. The van der Waals surface area contributed by atoms with Gasteiger partial charge in [0.15, 0.2) is 6.61 Å². The summed E-state index contributed by atoms with van der Waals surface area (Å²) in [4.78, 5) is 53.7. The average molecular weight is 428 g/mol. The summed E-state index contributed by atoms with van der Waals surface area (Å²) >= 11 is 0. The quantitative estimate of drug-likeness (QED) is 0.531. The van der Waals surface area contributed by atoms with E-state index in [1.807, 2.05) is 0 Å². The molecule has 1 aromatic heterocycles. The van der Waals surface area contributed by atoms with E-state index in [1.54, 1.807) is 38.1 Å². The second kappa shape index (κ2) is 9.03. The fourth-order valence-corrected chi connectivity index (χ4v) is 3.71. The zero-order chi connectivity index (χ0) is 22.7. The Balaban J connectivity index is 1.65. The van der Waals surface area contributed by atoms with Gasteiger partial charge in [-0.25, -0.2) is 4.79 Å². The number of esters is 2. The van der Waals surface area contributed by atoms with Crippen molar-refractivity contribution >= 4 is 29.3 Å². The van der Waals surface area contributed by atoms with Crippen molar-refractivity contribution < 1.29 is 33.4 Å². The second-order valence-electron chi connectivity index (χ2n) is 7.22. The van der Waals surface area contributed by atoms with Gasteiger partial charge in [-0.3, -0.25) is 14.4 Å². The summed E-state index contributed by atoms with van der Waals surface area (Å²) < 4.78 is 15.2. The SMILES string of the molecule is COC(=O)c1c(C)[nH]c(C(=O)COC(=O)[C@@H]2CC(=O)N(c3ccccc3OC)C2)c1C. The summed E-state index contributed by atoms with van der Waals surface area (Å²) in [6.07, 6.45) is -0.0157. The lowest BCUT2D eigenvalue weighted by molar-refractivity contribution is -0.147. The van der Waals surface area contributed by atoms with Gasteiger partial charge in [-0.2, -0.15) is 0 Å². The number of amides is 1. The molecule has 1 aromatic carbocycles. The first-order valence-corrected chi connectivity index (χ1v) is 9.69. The molecule has 1 saturated heterocycles. The number of aromatic amines is 1. The van der Waals surface area contributed by atoms with Crippen LogP contribution in [0.2, 0.25) is 0 Å². The molecule has 1 fully saturated rings. The molecule has 0 saturated carbocycles. The standard InChI is InChI=1S/C22H24N2O7/c1-12-19(22(28)30-4)13(2)23-20(12)16(25)11-31-21(27)14-9-18(26)24(10-14)15-7-5-6-8-17(15)29-3/h5-8,14,23H,9-11H2,1-4H3/t14-/m1/s1. The number of anilines is 1. The number of rotatable bonds is 7. The van der Waals surface area contributed by atoms with Crippen LogP contribution in [0.3, 0.4) is 0 Å². The molecule has 9 heteroatoms. The monoisotopic (exact) mass is 428 g/mol. The van der Waals surface area contributed by atoms with E-state index in [0.717, 1.165) is 0 Å². The van der Waals surface area contributed by atoms with Crippen LogP contribution in [-0.4, -0.2) is 56.0 Å². The summed E-state index contributed by atoms with van der Waals surface area (Å²) in [6.45, 7) is 2.91. The molecule has 0 bridgehead atoms. The van der Waals surface area contributed by atoms with Gasteiger partial charge in [0.1, 0.15) is 5.75 Å². The Morgan fingerprint density at radius 1 is 1.16 bits per heavy atom. The maximum absolute atomic E-state index is 12.5. The molecule has 2 heterocycles. The van der Waals surface area contributed by atoms with Gasteiger partial charge in [-0.1, -0.05) is 12.1 Å². The minimum Gasteiger partial charge on any atom is -0.495 e. The molecular weight excluding hydrogens is 404 g/mol. The van der Waals surface area contributed by atoms with Crippen molar-refractivity contribution in [2.75, 3.05) is 32.3 Å². The number of nitrogens with one attached hydrogen (secondary N) is 1. The Morgan fingerprint density at radius 3 is 2.55 bits per heavy atom. The maximum Gasteiger partial charge on any atom is 0.339 e. The number of hydrogen-bond donors (Lipinski definition) is 1. The van der Waals surface area contributed by atoms with Crippen LogP contribution in [0, 0.1) is 19.8 Å². The molecule has 0 spiro atoms. The first kappa shape index (κ1) is 22.1. The van der Waals surface area contributed by atoms with Gasteiger partial charge in [0, 0.05) is 18.7 Å². The number of Topliss-reactive ketones (excluding diaryl/α,β-unsaturated/α-hetero) is 1. The van der Waals surface area contributed by atoms with Crippen molar-refractivity contribution in [3.05, 3.63) is 46.8 Å². The van der Waals surface area contributed by atoms with Crippen LogP contribution >= 0.6 is 0 Å². The topological polar surface area (TPSA) is 115 Å². The number of para-hydroxylation sites is 2. The molecule has 3 rings (SSSR count). The smallest absolute Gasteiger partial charge is 0.339 e. The molecule has 0 unspecified atom stereocenters. The van der Waals surface area contributed by atoms with Gasteiger partial charge in [0.25, 0.3) is 0 Å². The molecular formula is C22H24N2O7. The summed E-state index contributed by atoms with van der Waals surface area (Å²) in [7, 11) is 2.77. The number of carbonyl (C=O) groups excluding carboxylic acids is 4. The molecule has 1 atom stereocenters. The van der Waals surface area contributed by atoms with Crippen molar-refractivity contribution in [1.29, 1.82) is 0 Å². The molecule has 0 radical (unpaired) electrons. The van der Waals surface area contributed by atoms with Gasteiger partial charge in [-0.05, 0) is 31.5 Å². The third-order valence-electron chi connectivity index (χ3n) is 5.29. The van der Waals surface area contributed by atoms with Gasteiger partial charge in [-0.15, -0.1) is 0 Å². The summed E-state index contributed by atoms with van der Waals surface area (Å²) in [6, 6.07) is 7.04. The van der Waals surface area contributed by atoms with E-state index in [0.29, 0.717) is 22.7 Å². The normalized spacial score (nSPS) is 15.7. The number of hydrogen-bond acceptors (Lipinski definition) is 7. The summed E-state index contributed by atoms with van der Waals surface area (Å²) in [5.74, 6) is -2.05. The zero-order valence-corrected chi connectivity index (χ0v) is 17.8. The number of ether oxygens (including phenoxy) is 3. The van der Waals surface area contributed by atoms with Gasteiger partial charge < -0.3 is 24.1 Å². The first-order chi connectivity index (χ1) is 14.8. The van der Waals surface area contributed by atoms with Crippen LogP contribution < -0.4 is 9.64 Å². The van der Waals surface area contributed by atoms with E-state index >= 15 is 0 Å². The highest BCUT2D eigenvalue weighted by atomic mass is 16.5. The summed E-state index contributed by atoms with van der Waals surface area (Å²) in [5.41, 5.74) is 1.97. The lowest BCUT2D eigenvalue weighted by Gasteiger charge is -2.19. The molecule has 164 valence electrons. The highest BCUT2D eigenvalue weighted by Crippen LogP contribution is 2.33. The Morgan fingerprint density at radius 2 is 1.87 bits per heavy atom. The molecule has 1 amide bonds. The van der Waals surface area contributed by atoms with E-state index in [9.17, 15) is 19.2 Å². The number of aryl methyl sites for hydroxylation is 1. The Bertz CT molecular complexity index is 1040. The number of methoxy groups -OCH3 is 2. The highest BCUT2D eigenvalue weighted by molar-refractivity contribution is 6.03. The largest absolute Gasteiger partial charge is 0.495 e. The molecule has 1 aliphatic heterocycles. The first-order valence-electron chi connectivity index (χ1n) is 9.69. The number of benzene rings is 1. The maximum atomic E-state index is 12.5. The van der Waals surface area contributed by atoms with Gasteiger partial charge in [0.2, 0.25) is 11.7 Å². The number of carbonyl (C=O) groups is 4. The minimum absolute atomic E-state index is 0.0157. The van der Waals surface area contributed by atoms with Crippen LogP contribution in [0.1, 0.15) is 38.5 Å². The predicted molar refractivity (Wildman–Crippen MR) is 110 cm³/mol. The number of H-pyrrole nitrogens is 1. The highest BCUT2D eigenvalue weighted by Gasteiger charge is 2.37. The molecule has 0 aliphatic carbocycles. The van der Waals surface area contributed by atoms with Crippen molar-refractivity contribution in [2.45, 2.75) is 20.3 Å². The van der Waals surface area contributed by atoms with Crippen LogP contribution in [0.4, 0.5) is 5.69 Å². The van der Waals surface area contributed by atoms with E-state index in [-0.39, 0.29) is 30.1 Å². The fourth-order valence-electron chi connectivity index (χ4n) is 3.71. The molecule has 1 aliphatic rings. The third-order valence-corrected chi connectivity index (χ3v) is 5.29. The van der Waals surface area contributed by atoms with Crippen molar-refractivity contribution in [3.63, 3.8) is 0 Å². The lowest BCUT2D eigenvalue weighted by atomic mass is 10.1. The zero-order valence-electron chi connectivity index (χ0n) is 17.8. The van der Waals surface area contributed by atoms with Crippen molar-refractivity contribution in [2.24, 2.45) is 5.92 Å². The van der Waals surface area contributed by atoms with Crippen LogP contribution in [-0.2, 0) is 19.1 Å². The Kier molecular flexibility index (Phi) is 6.43. The van der Waals surface area contributed by atoms with Gasteiger partial charge in [0.05, 0.1) is 37.1 Å². The third kappa shape index (κ3) is 4.30. The van der Waals surface area contributed by atoms with Crippen LogP contribution in [0.5, 0.6) is 5.75 Å². The van der Waals surface area contributed by atoms with E-state index in [1.165, 1.54) is 19.1 Å². The molecule has 1 N–H and O–H groups in total. The van der Waals surface area contributed by atoms with Crippen LogP contribution in [0.25, 0.3) is 0 Å². The van der Waals surface area contributed by atoms with Crippen molar-refractivity contribution in [3.8, 4) is 5.75 Å². The number of ketones is 1. The molecule has 31 heavy (non-hydrogen) atoms. The van der Waals surface area contributed by atoms with E-state index in [4.69, 9.17) is 14.2 Å². The van der Waals surface area contributed by atoms with Crippen molar-refractivity contribution in [1.82, 2.24) is 4.98 Å². The fraction of sp³-hybridized carbons (Fsp3) is 0.364. The Labute approximate surface area is 179 Å². The van der Waals surface area contributed by atoms with E-state index in [2.05, 4.69) is 4.98 Å². The van der Waals surface area contributed by atoms with E-state index < -0.39 is 30.2 Å². The summed E-state index contributed by atoms with van der Waals surface area (Å²) in [5, 5.41) is 0. The molecule has 9 nitrogen and oxygen atoms in total. The predicted octanol–water partition coefficient (Wildman–Crippen LogP) is 2.21. The lowest BCUT2D eigenvalue weighted by Crippen LogP contribution is -2.27. The number of aromatic nitrogens is 1. The average Bonchev–Trinajstić information content (AvgIpc) is 3.30. The molecule has 2 aromatic rings.